The van der Waals surface area contributed by atoms with Gasteiger partial charge in [-0.05, 0) is 18.1 Å². The molecule has 0 bridgehead atoms. The Hall–Kier alpha value is -0.860. The van der Waals surface area contributed by atoms with Gasteiger partial charge in [-0.25, -0.2) is 0 Å². The monoisotopic (exact) mass is 163 g/mol. The second kappa shape index (κ2) is 2.88. The lowest BCUT2D eigenvalue weighted by atomic mass is 9.95. The number of hydrogen-bond donors (Lipinski definition) is 1. The van der Waals surface area contributed by atoms with Crippen molar-refractivity contribution in [3.63, 3.8) is 0 Å². The Bertz CT molecular complexity index is 285. The van der Waals surface area contributed by atoms with Crippen molar-refractivity contribution in [2.75, 3.05) is 0 Å². The van der Waals surface area contributed by atoms with Crippen molar-refractivity contribution in [1.29, 1.82) is 0 Å². The Morgan fingerprint density at radius 2 is 2.17 bits per heavy atom. The number of benzene rings is 1. The maximum atomic E-state index is 5.96. The minimum absolute atomic E-state index is 0.0370. The maximum Gasteiger partial charge on any atom is 0.0744 e. The summed E-state index contributed by atoms with van der Waals surface area (Å²) in [5.74, 6) is 0. The van der Waals surface area contributed by atoms with Crippen LogP contribution in [-0.2, 0) is 11.3 Å². The van der Waals surface area contributed by atoms with E-state index in [9.17, 15) is 0 Å². The van der Waals surface area contributed by atoms with Gasteiger partial charge in [-0.1, -0.05) is 24.3 Å². The Kier molecular flexibility index (Phi) is 1.87. The lowest BCUT2D eigenvalue weighted by Gasteiger charge is -2.28. The standard InChI is InChI=1S/C10H13NO/c1-7-10(11)9-5-3-2-4-8(9)6-12-7/h2-5,7,10H,6,11H2,1H3/t7-,10+/m1/s1. The lowest BCUT2D eigenvalue weighted by Crippen LogP contribution is -2.31. The van der Waals surface area contributed by atoms with Crippen molar-refractivity contribution < 1.29 is 4.74 Å². The van der Waals surface area contributed by atoms with E-state index < -0.39 is 0 Å². The normalized spacial score (nSPS) is 28.2. The molecule has 1 aromatic carbocycles. The van der Waals surface area contributed by atoms with Gasteiger partial charge in [0.05, 0.1) is 18.8 Å². The second-order valence-electron chi connectivity index (χ2n) is 3.24. The molecule has 1 aliphatic heterocycles. The highest BCUT2D eigenvalue weighted by Gasteiger charge is 2.22. The highest BCUT2D eigenvalue weighted by Crippen LogP contribution is 2.26. The van der Waals surface area contributed by atoms with Crippen LogP contribution in [-0.4, -0.2) is 6.10 Å². The molecule has 0 saturated carbocycles. The maximum absolute atomic E-state index is 5.96. The zero-order valence-electron chi connectivity index (χ0n) is 7.16. The fourth-order valence-corrected chi connectivity index (χ4v) is 1.57. The highest BCUT2D eigenvalue weighted by molar-refractivity contribution is 5.31. The number of rotatable bonds is 0. The molecule has 0 aromatic heterocycles. The first-order chi connectivity index (χ1) is 5.79. The fraction of sp³-hybridized carbons (Fsp3) is 0.400. The smallest absolute Gasteiger partial charge is 0.0744 e. The summed E-state index contributed by atoms with van der Waals surface area (Å²) in [6.07, 6.45) is 0.139. The van der Waals surface area contributed by atoms with E-state index in [-0.39, 0.29) is 12.1 Å². The Morgan fingerprint density at radius 1 is 1.42 bits per heavy atom. The molecule has 2 rings (SSSR count). The van der Waals surface area contributed by atoms with Gasteiger partial charge in [0.1, 0.15) is 0 Å². The molecule has 1 aromatic rings. The zero-order chi connectivity index (χ0) is 8.55. The SMILES string of the molecule is C[C@H]1OCc2ccccc2[C@H]1N. The summed E-state index contributed by atoms with van der Waals surface area (Å²) in [5, 5.41) is 0. The minimum atomic E-state index is 0.0370. The van der Waals surface area contributed by atoms with Gasteiger partial charge in [-0.2, -0.15) is 0 Å². The molecule has 0 radical (unpaired) electrons. The van der Waals surface area contributed by atoms with Crippen molar-refractivity contribution >= 4 is 0 Å². The third-order valence-corrected chi connectivity index (χ3v) is 2.42. The van der Waals surface area contributed by atoms with Crippen LogP contribution in [0.15, 0.2) is 24.3 Å². The third kappa shape index (κ3) is 1.13. The topological polar surface area (TPSA) is 35.2 Å². The van der Waals surface area contributed by atoms with Crippen molar-refractivity contribution in [2.24, 2.45) is 5.73 Å². The molecule has 1 heterocycles. The van der Waals surface area contributed by atoms with Crippen LogP contribution in [0.4, 0.5) is 0 Å². The number of fused-ring (bicyclic) bond motifs is 1. The van der Waals surface area contributed by atoms with Gasteiger partial charge >= 0.3 is 0 Å². The van der Waals surface area contributed by atoms with Crippen LogP contribution >= 0.6 is 0 Å². The second-order valence-corrected chi connectivity index (χ2v) is 3.24. The first kappa shape index (κ1) is 7.77. The Balaban J connectivity index is 2.42. The molecule has 0 spiro atoms. The summed E-state index contributed by atoms with van der Waals surface area (Å²) in [7, 11) is 0. The summed E-state index contributed by atoms with van der Waals surface area (Å²) in [4.78, 5) is 0. The minimum Gasteiger partial charge on any atom is -0.372 e. The van der Waals surface area contributed by atoms with E-state index in [0.717, 1.165) is 0 Å². The molecule has 2 nitrogen and oxygen atoms in total. The first-order valence-corrected chi connectivity index (χ1v) is 4.24. The fourth-order valence-electron chi connectivity index (χ4n) is 1.57. The summed E-state index contributed by atoms with van der Waals surface area (Å²) in [6, 6.07) is 8.23. The van der Waals surface area contributed by atoms with E-state index in [1.165, 1.54) is 11.1 Å². The van der Waals surface area contributed by atoms with Crippen molar-refractivity contribution in [2.45, 2.75) is 25.7 Å². The van der Waals surface area contributed by atoms with Crippen molar-refractivity contribution in [1.82, 2.24) is 0 Å². The predicted molar refractivity (Wildman–Crippen MR) is 47.6 cm³/mol. The van der Waals surface area contributed by atoms with Gasteiger partial charge in [-0.15, -0.1) is 0 Å². The molecule has 0 fully saturated rings. The van der Waals surface area contributed by atoms with E-state index in [0.29, 0.717) is 6.61 Å². The Labute approximate surface area is 72.3 Å². The van der Waals surface area contributed by atoms with Crippen LogP contribution in [0.3, 0.4) is 0 Å². The molecule has 2 heteroatoms. The third-order valence-electron chi connectivity index (χ3n) is 2.42. The molecular weight excluding hydrogens is 150 g/mol. The Morgan fingerprint density at radius 3 is 3.00 bits per heavy atom. The van der Waals surface area contributed by atoms with Gasteiger partial charge < -0.3 is 10.5 Å². The summed E-state index contributed by atoms with van der Waals surface area (Å²) in [6.45, 7) is 2.71. The zero-order valence-corrected chi connectivity index (χ0v) is 7.16. The van der Waals surface area contributed by atoms with Gasteiger partial charge in [0, 0.05) is 0 Å². The molecule has 0 aliphatic carbocycles. The van der Waals surface area contributed by atoms with Gasteiger partial charge in [-0.3, -0.25) is 0 Å². The van der Waals surface area contributed by atoms with E-state index in [4.69, 9.17) is 10.5 Å². The molecule has 2 N–H and O–H groups in total. The average Bonchev–Trinajstić information content (AvgIpc) is 2.12. The van der Waals surface area contributed by atoms with Crippen LogP contribution in [0.2, 0.25) is 0 Å². The average molecular weight is 163 g/mol. The summed E-state index contributed by atoms with van der Waals surface area (Å²) in [5.41, 5.74) is 8.42. The van der Waals surface area contributed by atoms with Crippen LogP contribution < -0.4 is 5.73 Å². The molecule has 1 aliphatic rings. The highest BCUT2D eigenvalue weighted by atomic mass is 16.5. The predicted octanol–water partition coefficient (Wildman–Crippen LogP) is 1.61. The van der Waals surface area contributed by atoms with Crippen LogP contribution in [0, 0.1) is 0 Å². The quantitative estimate of drug-likeness (QED) is 0.630. The van der Waals surface area contributed by atoms with Crippen LogP contribution in [0.5, 0.6) is 0 Å². The van der Waals surface area contributed by atoms with Gasteiger partial charge in [0.2, 0.25) is 0 Å². The van der Waals surface area contributed by atoms with Gasteiger partial charge in [0.15, 0.2) is 0 Å². The molecule has 64 valence electrons. The summed E-state index contributed by atoms with van der Waals surface area (Å²) < 4.78 is 5.49. The molecule has 12 heavy (non-hydrogen) atoms. The van der Waals surface area contributed by atoms with Crippen LogP contribution in [0.1, 0.15) is 24.1 Å². The van der Waals surface area contributed by atoms with Crippen LogP contribution in [0.25, 0.3) is 0 Å². The van der Waals surface area contributed by atoms with Crippen molar-refractivity contribution in [3.05, 3.63) is 35.4 Å². The van der Waals surface area contributed by atoms with Crippen molar-refractivity contribution in [3.8, 4) is 0 Å². The number of ether oxygens (including phenoxy) is 1. The van der Waals surface area contributed by atoms with Gasteiger partial charge in [0.25, 0.3) is 0 Å². The molecule has 0 saturated heterocycles. The first-order valence-electron chi connectivity index (χ1n) is 4.24. The van der Waals surface area contributed by atoms with E-state index in [1.807, 2.05) is 19.1 Å². The molecular formula is C10H13NO. The molecule has 0 unspecified atom stereocenters. The largest absolute Gasteiger partial charge is 0.372 e. The summed E-state index contributed by atoms with van der Waals surface area (Å²) >= 11 is 0. The van der Waals surface area contributed by atoms with E-state index in [1.54, 1.807) is 0 Å². The molecule has 2 atom stereocenters. The van der Waals surface area contributed by atoms with E-state index >= 15 is 0 Å². The molecule has 0 amide bonds. The lowest BCUT2D eigenvalue weighted by molar-refractivity contribution is 0.0214. The van der Waals surface area contributed by atoms with E-state index in [2.05, 4.69) is 12.1 Å². The number of nitrogens with two attached hydrogens (primary N) is 1. The number of hydrogen-bond acceptors (Lipinski definition) is 2.